The van der Waals surface area contributed by atoms with Crippen LogP contribution in [0.15, 0.2) is 47.6 Å². The summed E-state index contributed by atoms with van der Waals surface area (Å²) in [6, 6.07) is 12.5. The summed E-state index contributed by atoms with van der Waals surface area (Å²) in [4.78, 5) is 16.4. The Balaban J connectivity index is 1.40. The summed E-state index contributed by atoms with van der Waals surface area (Å²) in [6.07, 6.45) is 3.68. The maximum absolute atomic E-state index is 16.5. The zero-order valence-corrected chi connectivity index (χ0v) is 25.0. The van der Waals surface area contributed by atoms with Gasteiger partial charge in [0.05, 0.1) is 11.6 Å². The monoisotopic (exact) mass is 606 g/mol. The first-order valence-corrected chi connectivity index (χ1v) is 15.0. The molecule has 1 fully saturated rings. The molecule has 2 heterocycles. The van der Waals surface area contributed by atoms with E-state index in [4.69, 9.17) is 26.9 Å². The standard InChI is InChI=1S/C31H36ClFN8O2/c1-40(13-6-2-5-10-36-39-34)14-7-17-43-31-37-29-25(30(38-31)41-15-11-35-12-16-41)20-26(32)27(28(29)33)24-19-22(42)18-21-8-3-4-9-23(21)24/h3-4,8-9,18-20,35,42H,2,5-7,10-17H2,1H3. The zero-order chi connectivity index (χ0) is 30.2. The van der Waals surface area contributed by atoms with Crippen molar-refractivity contribution in [3.05, 3.63) is 63.7 Å². The third kappa shape index (κ3) is 7.37. The number of phenols is 1. The Labute approximate surface area is 255 Å². The highest BCUT2D eigenvalue weighted by Crippen LogP contribution is 2.42. The normalized spacial score (nSPS) is 13.5. The van der Waals surface area contributed by atoms with E-state index in [-0.39, 0.29) is 27.9 Å². The third-order valence-corrected chi connectivity index (χ3v) is 7.95. The van der Waals surface area contributed by atoms with E-state index >= 15 is 4.39 Å². The third-order valence-electron chi connectivity index (χ3n) is 7.65. The van der Waals surface area contributed by atoms with Crippen LogP contribution < -0.4 is 15.0 Å². The largest absolute Gasteiger partial charge is 0.508 e. The SMILES string of the molecule is CN(CCCCCN=[N+]=[N-])CCCOc1nc(N2CCNCC2)c2cc(Cl)c(-c3cc(O)cc4ccccc34)c(F)c2n1. The molecule has 1 saturated heterocycles. The van der Waals surface area contributed by atoms with Crippen LogP contribution in [0.3, 0.4) is 0 Å². The van der Waals surface area contributed by atoms with Gasteiger partial charge in [-0.1, -0.05) is 47.4 Å². The molecule has 4 aromatic rings. The molecule has 226 valence electrons. The Kier molecular flexibility index (Phi) is 10.3. The number of hydrogen-bond acceptors (Lipinski definition) is 8. The fraction of sp³-hybridized carbons (Fsp3) is 0.419. The molecule has 10 nitrogen and oxygen atoms in total. The lowest BCUT2D eigenvalue weighted by molar-refractivity contribution is 0.248. The average molecular weight is 607 g/mol. The Morgan fingerprint density at radius 1 is 1.09 bits per heavy atom. The molecule has 2 N–H and O–H groups in total. The van der Waals surface area contributed by atoms with Crippen LogP contribution in [0.4, 0.5) is 10.2 Å². The number of ether oxygens (including phenoxy) is 1. The summed E-state index contributed by atoms with van der Waals surface area (Å²) in [5.74, 6) is 0.0326. The molecular weight excluding hydrogens is 571 g/mol. The minimum Gasteiger partial charge on any atom is -0.508 e. The molecule has 1 aliphatic heterocycles. The molecule has 1 aliphatic rings. The highest BCUT2D eigenvalue weighted by atomic mass is 35.5. The van der Waals surface area contributed by atoms with E-state index in [1.54, 1.807) is 12.1 Å². The molecular formula is C31H36ClFN8O2. The lowest BCUT2D eigenvalue weighted by Crippen LogP contribution is -2.44. The molecule has 0 bridgehead atoms. The number of hydrogen-bond donors (Lipinski definition) is 2. The van der Waals surface area contributed by atoms with Crippen molar-refractivity contribution in [1.82, 2.24) is 20.2 Å². The molecule has 0 spiro atoms. The predicted octanol–water partition coefficient (Wildman–Crippen LogP) is 6.54. The van der Waals surface area contributed by atoms with Crippen molar-refractivity contribution in [2.24, 2.45) is 5.11 Å². The predicted molar refractivity (Wildman–Crippen MR) is 170 cm³/mol. The van der Waals surface area contributed by atoms with Gasteiger partial charge in [-0.05, 0) is 72.9 Å². The van der Waals surface area contributed by atoms with Crippen molar-refractivity contribution < 1.29 is 14.2 Å². The number of rotatable bonds is 13. The van der Waals surface area contributed by atoms with Gasteiger partial charge < -0.3 is 25.0 Å². The summed E-state index contributed by atoms with van der Waals surface area (Å²) in [7, 11) is 2.06. The number of nitrogens with zero attached hydrogens (tertiary/aromatic N) is 7. The van der Waals surface area contributed by atoms with E-state index in [1.807, 2.05) is 24.3 Å². The number of azide groups is 1. The highest BCUT2D eigenvalue weighted by Gasteiger charge is 2.24. The van der Waals surface area contributed by atoms with Crippen molar-refractivity contribution in [2.45, 2.75) is 25.7 Å². The van der Waals surface area contributed by atoms with Gasteiger partial charge in [-0.15, -0.1) is 0 Å². The van der Waals surface area contributed by atoms with Gasteiger partial charge in [0.2, 0.25) is 0 Å². The number of aromatic nitrogens is 2. The van der Waals surface area contributed by atoms with E-state index in [0.717, 1.165) is 62.6 Å². The number of aromatic hydroxyl groups is 1. The first-order chi connectivity index (χ1) is 21.0. The smallest absolute Gasteiger partial charge is 0.319 e. The molecule has 5 rings (SSSR count). The number of unbranched alkanes of at least 4 members (excludes halogenated alkanes) is 2. The maximum atomic E-state index is 16.5. The van der Waals surface area contributed by atoms with Gasteiger partial charge >= 0.3 is 6.01 Å². The van der Waals surface area contributed by atoms with E-state index in [9.17, 15) is 5.11 Å². The van der Waals surface area contributed by atoms with Gasteiger partial charge in [0.15, 0.2) is 5.82 Å². The molecule has 0 saturated carbocycles. The maximum Gasteiger partial charge on any atom is 0.319 e. The average Bonchev–Trinajstić information content (AvgIpc) is 3.01. The molecule has 0 radical (unpaired) electrons. The Morgan fingerprint density at radius 3 is 2.70 bits per heavy atom. The van der Waals surface area contributed by atoms with Gasteiger partial charge in [-0.3, -0.25) is 0 Å². The Bertz CT molecular complexity index is 1630. The number of phenolic OH excluding ortho intramolecular Hbond substituents is 1. The van der Waals surface area contributed by atoms with E-state index in [0.29, 0.717) is 43.0 Å². The van der Waals surface area contributed by atoms with Crippen LogP contribution in [0.2, 0.25) is 5.02 Å². The minimum absolute atomic E-state index is 0.0237. The number of benzene rings is 3. The number of halogens is 2. The van der Waals surface area contributed by atoms with Gasteiger partial charge in [0.1, 0.15) is 17.1 Å². The first kappa shape index (κ1) is 30.6. The molecule has 12 heteroatoms. The fourth-order valence-corrected chi connectivity index (χ4v) is 5.78. The fourth-order valence-electron chi connectivity index (χ4n) is 5.49. The van der Waals surface area contributed by atoms with Crippen LogP contribution in [0.25, 0.3) is 43.2 Å². The minimum atomic E-state index is -0.581. The van der Waals surface area contributed by atoms with Gasteiger partial charge in [0.25, 0.3) is 0 Å². The summed E-state index contributed by atoms with van der Waals surface area (Å²) in [6.45, 7) is 5.66. The van der Waals surface area contributed by atoms with Crippen LogP contribution in [0.1, 0.15) is 25.7 Å². The molecule has 1 aromatic heterocycles. The lowest BCUT2D eigenvalue weighted by Gasteiger charge is -2.29. The van der Waals surface area contributed by atoms with Crippen molar-refractivity contribution >= 4 is 39.1 Å². The van der Waals surface area contributed by atoms with Crippen LogP contribution in [0.5, 0.6) is 11.8 Å². The van der Waals surface area contributed by atoms with Crippen molar-refractivity contribution in [1.29, 1.82) is 0 Å². The van der Waals surface area contributed by atoms with Gasteiger partial charge in [-0.25, -0.2) is 4.39 Å². The Morgan fingerprint density at radius 2 is 1.88 bits per heavy atom. The number of fused-ring (bicyclic) bond motifs is 2. The quantitative estimate of drug-likeness (QED) is 0.0767. The van der Waals surface area contributed by atoms with Crippen LogP contribution >= 0.6 is 11.6 Å². The molecule has 0 atom stereocenters. The number of anilines is 1. The van der Waals surface area contributed by atoms with E-state index < -0.39 is 5.82 Å². The second kappa shape index (κ2) is 14.5. The van der Waals surface area contributed by atoms with Crippen LogP contribution in [0, 0.1) is 5.82 Å². The summed E-state index contributed by atoms with van der Waals surface area (Å²) in [5, 5.41) is 19.6. The van der Waals surface area contributed by atoms with Crippen LogP contribution in [-0.2, 0) is 0 Å². The lowest BCUT2D eigenvalue weighted by atomic mass is 9.96. The topological polar surface area (TPSA) is 123 Å². The summed E-state index contributed by atoms with van der Waals surface area (Å²) in [5.41, 5.74) is 9.17. The number of piperazine rings is 1. The first-order valence-electron chi connectivity index (χ1n) is 14.7. The van der Waals surface area contributed by atoms with Gasteiger partial charge in [0, 0.05) is 55.1 Å². The molecule has 0 unspecified atom stereocenters. The van der Waals surface area contributed by atoms with Crippen molar-refractivity contribution in [2.75, 3.05) is 64.4 Å². The second-order valence-electron chi connectivity index (χ2n) is 10.7. The van der Waals surface area contributed by atoms with Gasteiger partial charge in [-0.2, -0.15) is 9.97 Å². The van der Waals surface area contributed by atoms with Crippen LogP contribution in [-0.4, -0.2) is 79.4 Å². The molecule has 0 aliphatic carbocycles. The summed E-state index contributed by atoms with van der Waals surface area (Å²) < 4.78 is 22.5. The molecule has 0 amide bonds. The highest BCUT2D eigenvalue weighted by molar-refractivity contribution is 6.35. The Hall–Kier alpha value is -3.89. The van der Waals surface area contributed by atoms with E-state index in [2.05, 4.69) is 37.2 Å². The number of nitrogens with one attached hydrogen (secondary N) is 1. The van der Waals surface area contributed by atoms with Crippen molar-refractivity contribution in [3.8, 4) is 22.9 Å². The zero-order valence-electron chi connectivity index (χ0n) is 24.3. The summed E-state index contributed by atoms with van der Waals surface area (Å²) >= 11 is 6.78. The molecule has 3 aromatic carbocycles. The second-order valence-corrected chi connectivity index (χ2v) is 11.2. The van der Waals surface area contributed by atoms with Crippen molar-refractivity contribution in [3.63, 3.8) is 0 Å². The molecule has 43 heavy (non-hydrogen) atoms. The van der Waals surface area contributed by atoms with E-state index in [1.165, 1.54) is 6.07 Å².